The van der Waals surface area contributed by atoms with Crippen LogP contribution in [0.4, 0.5) is 4.39 Å². The van der Waals surface area contributed by atoms with Gasteiger partial charge in [-0.15, -0.1) is 5.10 Å². The van der Waals surface area contributed by atoms with Crippen molar-refractivity contribution in [1.82, 2.24) is 15.0 Å². The first-order valence-electron chi connectivity index (χ1n) is 4.85. The lowest BCUT2D eigenvalue weighted by atomic mass is 10.2. The molecule has 78 valence electrons. The van der Waals surface area contributed by atoms with Crippen molar-refractivity contribution in [2.45, 2.75) is 19.8 Å². The summed E-state index contributed by atoms with van der Waals surface area (Å²) in [6.07, 6.45) is 1.86. The Labute approximate surface area is 87.5 Å². The third-order valence-corrected chi connectivity index (χ3v) is 2.19. The van der Waals surface area contributed by atoms with Crippen LogP contribution in [-0.4, -0.2) is 15.0 Å². The van der Waals surface area contributed by atoms with Gasteiger partial charge in [0, 0.05) is 0 Å². The van der Waals surface area contributed by atoms with Crippen molar-refractivity contribution in [2.24, 2.45) is 0 Å². The molecule has 15 heavy (non-hydrogen) atoms. The van der Waals surface area contributed by atoms with Crippen LogP contribution >= 0.6 is 0 Å². The van der Waals surface area contributed by atoms with E-state index in [0.717, 1.165) is 11.4 Å². The first-order valence-corrected chi connectivity index (χ1v) is 4.85. The molecule has 2 aromatic rings. The average Bonchev–Trinajstić information content (AvgIpc) is 2.68. The predicted molar refractivity (Wildman–Crippen MR) is 55.4 cm³/mol. The minimum absolute atomic E-state index is 0.247. The van der Waals surface area contributed by atoms with E-state index in [1.54, 1.807) is 16.8 Å². The van der Waals surface area contributed by atoms with Gasteiger partial charge in [0.15, 0.2) is 0 Å². The lowest BCUT2D eigenvalue weighted by Crippen LogP contribution is -1.94. The van der Waals surface area contributed by atoms with E-state index in [1.165, 1.54) is 12.1 Å². The second-order valence-electron chi connectivity index (χ2n) is 3.72. The molecule has 0 atom stereocenters. The highest BCUT2D eigenvalue weighted by Crippen LogP contribution is 2.13. The van der Waals surface area contributed by atoms with E-state index in [2.05, 4.69) is 24.2 Å². The second-order valence-corrected chi connectivity index (χ2v) is 3.72. The van der Waals surface area contributed by atoms with Gasteiger partial charge in [0.1, 0.15) is 5.82 Å². The van der Waals surface area contributed by atoms with E-state index in [4.69, 9.17) is 0 Å². The van der Waals surface area contributed by atoms with Crippen LogP contribution < -0.4 is 0 Å². The Morgan fingerprint density at radius 2 is 1.87 bits per heavy atom. The first-order chi connectivity index (χ1) is 7.16. The van der Waals surface area contributed by atoms with Crippen LogP contribution in [0.15, 0.2) is 30.5 Å². The molecule has 1 heterocycles. The maximum Gasteiger partial charge on any atom is 0.123 e. The Morgan fingerprint density at radius 3 is 2.40 bits per heavy atom. The monoisotopic (exact) mass is 205 g/mol. The van der Waals surface area contributed by atoms with E-state index < -0.39 is 0 Å². The van der Waals surface area contributed by atoms with Crippen LogP contribution in [0.2, 0.25) is 0 Å². The normalized spacial score (nSPS) is 10.9. The summed E-state index contributed by atoms with van der Waals surface area (Å²) in [7, 11) is 0. The van der Waals surface area contributed by atoms with Gasteiger partial charge in [-0.3, -0.25) is 0 Å². The fourth-order valence-corrected chi connectivity index (χ4v) is 1.26. The van der Waals surface area contributed by atoms with Crippen LogP contribution in [0, 0.1) is 5.82 Å². The largest absolute Gasteiger partial charge is 0.220 e. The summed E-state index contributed by atoms with van der Waals surface area (Å²) < 4.78 is 14.3. The number of aromatic nitrogens is 3. The number of hydrogen-bond acceptors (Lipinski definition) is 2. The van der Waals surface area contributed by atoms with Crippen LogP contribution in [0.25, 0.3) is 5.69 Å². The van der Waals surface area contributed by atoms with Gasteiger partial charge in [0.2, 0.25) is 0 Å². The number of halogens is 1. The quantitative estimate of drug-likeness (QED) is 0.754. The van der Waals surface area contributed by atoms with Crippen molar-refractivity contribution in [3.05, 3.63) is 42.0 Å². The molecule has 0 aliphatic heterocycles. The van der Waals surface area contributed by atoms with Crippen molar-refractivity contribution in [3.63, 3.8) is 0 Å². The van der Waals surface area contributed by atoms with Crippen LogP contribution in [0.3, 0.4) is 0 Å². The van der Waals surface area contributed by atoms with Gasteiger partial charge >= 0.3 is 0 Å². The maximum absolute atomic E-state index is 12.7. The van der Waals surface area contributed by atoms with E-state index in [9.17, 15) is 4.39 Å². The van der Waals surface area contributed by atoms with Gasteiger partial charge in [0.25, 0.3) is 0 Å². The van der Waals surface area contributed by atoms with Crippen molar-refractivity contribution < 1.29 is 4.39 Å². The van der Waals surface area contributed by atoms with Crippen molar-refractivity contribution in [3.8, 4) is 5.69 Å². The number of nitrogens with zero attached hydrogens (tertiary/aromatic N) is 3. The zero-order chi connectivity index (χ0) is 10.8. The summed E-state index contributed by atoms with van der Waals surface area (Å²) in [4.78, 5) is 0. The third kappa shape index (κ3) is 2.03. The van der Waals surface area contributed by atoms with Crippen molar-refractivity contribution >= 4 is 0 Å². The first kappa shape index (κ1) is 9.83. The van der Waals surface area contributed by atoms with Gasteiger partial charge in [-0.05, 0) is 30.2 Å². The zero-order valence-electron chi connectivity index (χ0n) is 8.68. The minimum Gasteiger partial charge on any atom is -0.220 e. The van der Waals surface area contributed by atoms with Gasteiger partial charge < -0.3 is 0 Å². The highest BCUT2D eigenvalue weighted by molar-refractivity contribution is 5.30. The molecule has 0 amide bonds. The standard InChI is InChI=1S/C11H12FN3/c1-8(2)11-7-15(14-13-11)10-5-3-9(12)4-6-10/h3-8H,1-2H3. The molecule has 1 aromatic carbocycles. The fourth-order valence-electron chi connectivity index (χ4n) is 1.26. The molecule has 0 spiro atoms. The Bertz CT molecular complexity index is 445. The molecule has 1 aromatic heterocycles. The number of hydrogen-bond donors (Lipinski definition) is 0. The molecule has 0 aliphatic rings. The molecular formula is C11H12FN3. The van der Waals surface area contributed by atoms with Gasteiger partial charge in [-0.25, -0.2) is 9.07 Å². The van der Waals surface area contributed by atoms with Crippen LogP contribution in [0.5, 0.6) is 0 Å². The summed E-state index contributed by atoms with van der Waals surface area (Å²) in [6.45, 7) is 4.11. The van der Waals surface area contributed by atoms with Gasteiger partial charge in [-0.1, -0.05) is 19.1 Å². The Balaban J connectivity index is 2.33. The van der Waals surface area contributed by atoms with E-state index in [1.807, 2.05) is 6.20 Å². The fraction of sp³-hybridized carbons (Fsp3) is 0.273. The topological polar surface area (TPSA) is 30.7 Å². The molecule has 0 unspecified atom stereocenters. The SMILES string of the molecule is CC(C)c1cn(-c2ccc(F)cc2)nn1. The molecular weight excluding hydrogens is 193 g/mol. The third-order valence-electron chi connectivity index (χ3n) is 2.19. The summed E-state index contributed by atoms with van der Waals surface area (Å²) in [5.41, 5.74) is 1.75. The molecule has 2 rings (SSSR count). The van der Waals surface area contributed by atoms with E-state index in [0.29, 0.717) is 5.92 Å². The zero-order valence-corrected chi connectivity index (χ0v) is 8.68. The summed E-state index contributed by atoms with van der Waals surface area (Å²) in [5, 5.41) is 8.02. The van der Waals surface area contributed by atoms with Crippen molar-refractivity contribution in [2.75, 3.05) is 0 Å². The Morgan fingerprint density at radius 1 is 1.20 bits per heavy atom. The molecule has 0 saturated heterocycles. The summed E-state index contributed by atoms with van der Waals surface area (Å²) in [6, 6.07) is 6.17. The second kappa shape index (κ2) is 3.81. The maximum atomic E-state index is 12.7. The summed E-state index contributed by atoms with van der Waals surface area (Å²) in [5.74, 6) is 0.0992. The van der Waals surface area contributed by atoms with Crippen LogP contribution in [-0.2, 0) is 0 Å². The summed E-state index contributed by atoms with van der Waals surface area (Å²) >= 11 is 0. The molecule has 0 radical (unpaired) electrons. The molecule has 3 nitrogen and oxygen atoms in total. The molecule has 0 saturated carbocycles. The molecule has 0 bridgehead atoms. The van der Waals surface area contributed by atoms with Crippen LogP contribution in [0.1, 0.15) is 25.5 Å². The van der Waals surface area contributed by atoms with E-state index in [-0.39, 0.29) is 5.82 Å². The molecule has 0 N–H and O–H groups in total. The smallest absolute Gasteiger partial charge is 0.123 e. The van der Waals surface area contributed by atoms with E-state index >= 15 is 0 Å². The van der Waals surface area contributed by atoms with Gasteiger partial charge in [0.05, 0.1) is 17.6 Å². The number of benzene rings is 1. The lowest BCUT2D eigenvalue weighted by Gasteiger charge is -1.99. The molecule has 4 heteroatoms. The Kier molecular flexibility index (Phi) is 2.49. The van der Waals surface area contributed by atoms with Gasteiger partial charge in [-0.2, -0.15) is 0 Å². The highest BCUT2D eigenvalue weighted by atomic mass is 19.1. The average molecular weight is 205 g/mol. The molecule has 0 aliphatic carbocycles. The highest BCUT2D eigenvalue weighted by Gasteiger charge is 2.05. The number of rotatable bonds is 2. The Hall–Kier alpha value is -1.71. The minimum atomic E-state index is -0.247. The predicted octanol–water partition coefficient (Wildman–Crippen LogP) is 2.53. The van der Waals surface area contributed by atoms with Crippen molar-refractivity contribution in [1.29, 1.82) is 0 Å². The lowest BCUT2D eigenvalue weighted by molar-refractivity contribution is 0.626. The molecule has 0 fully saturated rings.